The average Bonchev–Trinajstić information content (AvgIpc) is 2.80. The fourth-order valence-electron chi connectivity index (χ4n) is 2.62. The predicted molar refractivity (Wildman–Crippen MR) is 76.2 cm³/mol. The van der Waals surface area contributed by atoms with Crippen LogP contribution < -0.4 is 10.6 Å². The summed E-state index contributed by atoms with van der Waals surface area (Å²) in [5, 5.41) is 0. The van der Waals surface area contributed by atoms with Gasteiger partial charge in [0, 0.05) is 18.8 Å². The highest BCUT2D eigenvalue weighted by Gasteiger charge is 2.29. The van der Waals surface area contributed by atoms with Crippen LogP contribution >= 0.6 is 0 Å². The molecular formula is C15H21FN2O2. The Kier molecular flexibility index (Phi) is 4.28. The second-order valence-electron chi connectivity index (χ2n) is 5.52. The molecule has 0 spiro atoms. The molecule has 0 radical (unpaired) electrons. The molecule has 2 N–H and O–H groups in total. The zero-order valence-electron chi connectivity index (χ0n) is 12.0. The standard InChI is InChI=1S/C15H21FN2O2/c1-15(17,14(19)20-2)7-3-8-18-9-6-11-4-5-12(16)10-13(11)18/h4-5,10H,3,6-9,17H2,1-2H3. The van der Waals surface area contributed by atoms with Crippen LogP contribution in [-0.2, 0) is 16.0 Å². The molecule has 0 aliphatic carbocycles. The zero-order chi connectivity index (χ0) is 14.8. The summed E-state index contributed by atoms with van der Waals surface area (Å²) in [6, 6.07) is 4.91. The number of methoxy groups -OCH3 is 1. The first-order valence-electron chi connectivity index (χ1n) is 6.85. The number of nitrogens with two attached hydrogens (primary N) is 1. The maximum absolute atomic E-state index is 13.3. The number of hydrogen-bond donors (Lipinski definition) is 1. The first-order valence-corrected chi connectivity index (χ1v) is 6.85. The van der Waals surface area contributed by atoms with Crippen molar-refractivity contribution in [3.8, 4) is 0 Å². The molecule has 0 saturated heterocycles. The Morgan fingerprint density at radius 3 is 3.00 bits per heavy atom. The van der Waals surface area contributed by atoms with E-state index >= 15 is 0 Å². The maximum Gasteiger partial charge on any atom is 0.325 e. The van der Waals surface area contributed by atoms with Crippen LogP contribution in [0.4, 0.5) is 10.1 Å². The second-order valence-corrected chi connectivity index (χ2v) is 5.52. The zero-order valence-corrected chi connectivity index (χ0v) is 12.0. The van der Waals surface area contributed by atoms with Crippen molar-refractivity contribution in [2.24, 2.45) is 5.73 Å². The number of benzene rings is 1. The Hall–Kier alpha value is -1.62. The molecule has 5 heteroatoms. The molecule has 1 aliphatic heterocycles. The van der Waals surface area contributed by atoms with Gasteiger partial charge >= 0.3 is 5.97 Å². The normalized spacial score (nSPS) is 16.7. The van der Waals surface area contributed by atoms with Crippen molar-refractivity contribution in [3.05, 3.63) is 29.6 Å². The van der Waals surface area contributed by atoms with Crippen molar-refractivity contribution in [1.82, 2.24) is 0 Å². The van der Waals surface area contributed by atoms with Gasteiger partial charge in [-0.05, 0) is 43.9 Å². The van der Waals surface area contributed by atoms with Crippen molar-refractivity contribution in [2.45, 2.75) is 31.7 Å². The number of anilines is 1. The molecule has 0 fully saturated rings. The van der Waals surface area contributed by atoms with E-state index in [1.165, 1.54) is 18.7 Å². The van der Waals surface area contributed by atoms with Crippen LogP contribution in [-0.4, -0.2) is 31.7 Å². The lowest BCUT2D eigenvalue weighted by Gasteiger charge is -2.24. The van der Waals surface area contributed by atoms with Gasteiger partial charge in [-0.3, -0.25) is 4.79 Å². The minimum absolute atomic E-state index is 0.214. The van der Waals surface area contributed by atoms with Gasteiger partial charge in [-0.25, -0.2) is 4.39 Å². The molecule has 1 aromatic rings. The summed E-state index contributed by atoms with van der Waals surface area (Å²) in [5.74, 6) is -0.612. The van der Waals surface area contributed by atoms with Gasteiger partial charge in [0.1, 0.15) is 11.4 Å². The van der Waals surface area contributed by atoms with E-state index < -0.39 is 11.5 Å². The summed E-state index contributed by atoms with van der Waals surface area (Å²) >= 11 is 0. The number of fused-ring (bicyclic) bond motifs is 1. The van der Waals surface area contributed by atoms with E-state index in [1.807, 2.05) is 6.07 Å². The maximum atomic E-state index is 13.3. The largest absolute Gasteiger partial charge is 0.468 e. The van der Waals surface area contributed by atoms with Gasteiger partial charge in [-0.15, -0.1) is 0 Å². The van der Waals surface area contributed by atoms with E-state index in [2.05, 4.69) is 9.64 Å². The van der Waals surface area contributed by atoms with Crippen molar-refractivity contribution >= 4 is 11.7 Å². The minimum Gasteiger partial charge on any atom is -0.468 e. The van der Waals surface area contributed by atoms with Crippen molar-refractivity contribution in [2.75, 3.05) is 25.1 Å². The molecule has 0 saturated carbocycles. The monoisotopic (exact) mass is 280 g/mol. The van der Waals surface area contributed by atoms with E-state index in [0.29, 0.717) is 6.42 Å². The number of halogens is 1. The van der Waals surface area contributed by atoms with E-state index in [4.69, 9.17) is 5.73 Å². The Morgan fingerprint density at radius 2 is 2.30 bits per heavy atom. The molecule has 1 aromatic carbocycles. The summed E-state index contributed by atoms with van der Waals surface area (Å²) in [6.45, 7) is 3.33. The first kappa shape index (κ1) is 14.8. The molecule has 2 rings (SSSR count). The van der Waals surface area contributed by atoms with E-state index in [0.717, 1.165) is 31.6 Å². The topological polar surface area (TPSA) is 55.6 Å². The van der Waals surface area contributed by atoms with Gasteiger partial charge in [-0.1, -0.05) is 6.07 Å². The Morgan fingerprint density at radius 1 is 1.55 bits per heavy atom. The molecule has 20 heavy (non-hydrogen) atoms. The third-order valence-electron chi connectivity index (χ3n) is 3.81. The highest BCUT2D eigenvalue weighted by molar-refractivity contribution is 5.79. The Labute approximate surface area is 118 Å². The molecular weight excluding hydrogens is 259 g/mol. The van der Waals surface area contributed by atoms with Crippen molar-refractivity contribution < 1.29 is 13.9 Å². The van der Waals surface area contributed by atoms with E-state index in [-0.39, 0.29) is 5.82 Å². The molecule has 1 unspecified atom stereocenters. The molecule has 0 bridgehead atoms. The third kappa shape index (κ3) is 3.10. The van der Waals surface area contributed by atoms with Crippen LogP contribution in [0.15, 0.2) is 18.2 Å². The van der Waals surface area contributed by atoms with Gasteiger partial charge in [0.15, 0.2) is 0 Å². The third-order valence-corrected chi connectivity index (χ3v) is 3.81. The van der Waals surface area contributed by atoms with Crippen LogP contribution in [0.1, 0.15) is 25.3 Å². The number of carbonyl (C=O) groups is 1. The van der Waals surface area contributed by atoms with Crippen LogP contribution in [0.3, 0.4) is 0 Å². The number of nitrogens with zero attached hydrogens (tertiary/aromatic N) is 1. The van der Waals surface area contributed by atoms with Gasteiger partial charge in [0.25, 0.3) is 0 Å². The fraction of sp³-hybridized carbons (Fsp3) is 0.533. The summed E-state index contributed by atoms with van der Waals surface area (Å²) in [5.41, 5.74) is 7.10. The molecule has 0 amide bonds. The summed E-state index contributed by atoms with van der Waals surface area (Å²) in [7, 11) is 1.34. The fourth-order valence-corrected chi connectivity index (χ4v) is 2.62. The van der Waals surface area contributed by atoms with Gasteiger partial charge in [0.2, 0.25) is 0 Å². The lowest BCUT2D eigenvalue weighted by Crippen LogP contribution is -2.46. The minimum atomic E-state index is -0.959. The number of ether oxygens (including phenoxy) is 1. The van der Waals surface area contributed by atoms with Crippen LogP contribution in [0.5, 0.6) is 0 Å². The number of rotatable bonds is 5. The average molecular weight is 280 g/mol. The predicted octanol–water partition coefficient (Wildman–Crippen LogP) is 1.86. The number of hydrogen-bond acceptors (Lipinski definition) is 4. The lowest BCUT2D eigenvalue weighted by atomic mass is 9.97. The second kappa shape index (κ2) is 5.79. The summed E-state index contributed by atoms with van der Waals surface area (Å²) < 4.78 is 18.0. The number of carbonyl (C=O) groups excluding carboxylic acids is 1. The quantitative estimate of drug-likeness (QED) is 0.836. The van der Waals surface area contributed by atoms with Gasteiger partial charge in [0.05, 0.1) is 7.11 Å². The SMILES string of the molecule is COC(=O)C(C)(N)CCCN1CCc2ccc(F)cc21. The van der Waals surface area contributed by atoms with Gasteiger partial charge in [-0.2, -0.15) is 0 Å². The molecule has 1 atom stereocenters. The highest BCUT2D eigenvalue weighted by Crippen LogP contribution is 2.29. The Bertz CT molecular complexity index is 503. The van der Waals surface area contributed by atoms with Gasteiger partial charge < -0.3 is 15.4 Å². The van der Waals surface area contributed by atoms with Crippen LogP contribution in [0.2, 0.25) is 0 Å². The summed E-state index contributed by atoms with van der Waals surface area (Å²) in [6.07, 6.45) is 2.24. The molecule has 1 aliphatic rings. The highest BCUT2D eigenvalue weighted by atomic mass is 19.1. The van der Waals surface area contributed by atoms with Crippen LogP contribution in [0.25, 0.3) is 0 Å². The lowest BCUT2D eigenvalue weighted by molar-refractivity contribution is -0.146. The first-order chi connectivity index (χ1) is 9.44. The molecule has 0 aromatic heterocycles. The van der Waals surface area contributed by atoms with E-state index in [1.54, 1.807) is 13.0 Å². The molecule has 110 valence electrons. The molecule has 4 nitrogen and oxygen atoms in total. The Balaban J connectivity index is 1.91. The van der Waals surface area contributed by atoms with Crippen molar-refractivity contribution in [3.63, 3.8) is 0 Å². The summed E-state index contributed by atoms with van der Waals surface area (Å²) in [4.78, 5) is 13.6. The molecule has 1 heterocycles. The van der Waals surface area contributed by atoms with Crippen molar-refractivity contribution in [1.29, 1.82) is 0 Å². The van der Waals surface area contributed by atoms with E-state index in [9.17, 15) is 9.18 Å². The van der Waals surface area contributed by atoms with Crippen LogP contribution in [0, 0.1) is 5.82 Å². The smallest absolute Gasteiger partial charge is 0.325 e. The number of esters is 1.